The van der Waals surface area contributed by atoms with Crippen molar-refractivity contribution in [2.24, 2.45) is 10.7 Å². The summed E-state index contributed by atoms with van der Waals surface area (Å²) in [4.78, 5) is 4.22. The van der Waals surface area contributed by atoms with Crippen molar-refractivity contribution in [1.82, 2.24) is 0 Å². The van der Waals surface area contributed by atoms with Crippen LogP contribution >= 0.6 is 12.6 Å². The predicted molar refractivity (Wildman–Crippen MR) is 49.3 cm³/mol. The van der Waals surface area contributed by atoms with Gasteiger partial charge in [-0.2, -0.15) is 12.6 Å². The number of hydrogen-bond donors (Lipinski definition) is 2. The summed E-state index contributed by atoms with van der Waals surface area (Å²) >= 11 is 4.07. The molecule has 11 heavy (non-hydrogen) atoms. The Bertz CT molecular complexity index is 168. The standard InChI is InChI=1S/C7H14N2OS/c1-4(2)9-7-6(10-7)5(8)3-11/h5-7,11H,3,8H2,1-2H3. The van der Waals surface area contributed by atoms with Gasteiger partial charge in [0.05, 0.1) is 0 Å². The lowest BCUT2D eigenvalue weighted by molar-refractivity contribution is 0.357. The minimum absolute atomic E-state index is 0.00199. The summed E-state index contributed by atoms with van der Waals surface area (Å²) < 4.78 is 5.22. The smallest absolute Gasteiger partial charge is 0.176 e. The molecule has 1 aliphatic heterocycles. The third-order valence-corrected chi connectivity index (χ3v) is 1.94. The van der Waals surface area contributed by atoms with Crippen molar-refractivity contribution in [3.63, 3.8) is 0 Å². The van der Waals surface area contributed by atoms with Gasteiger partial charge in [-0.3, -0.25) is 4.99 Å². The Balaban J connectivity index is 2.32. The quantitative estimate of drug-likeness (QED) is 0.371. The molecule has 64 valence electrons. The molecule has 0 spiro atoms. The number of nitrogens with two attached hydrogens (primary N) is 1. The fourth-order valence-corrected chi connectivity index (χ4v) is 1.10. The number of rotatable bonds is 3. The topological polar surface area (TPSA) is 50.9 Å². The van der Waals surface area contributed by atoms with Crippen LogP contribution in [0.15, 0.2) is 4.99 Å². The van der Waals surface area contributed by atoms with Gasteiger partial charge in [0.1, 0.15) is 6.10 Å². The first-order valence-electron chi connectivity index (χ1n) is 3.68. The highest BCUT2D eigenvalue weighted by molar-refractivity contribution is 7.80. The SMILES string of the molecule is CC(C)=NC1OC1C(N)CS. The minimum Gasteiger partial charge on any atom is -0.344 e. The second kappa shape index (κ2) is 3.56. The lowest BCUT2D eigenvalue weighted by atomic mass is 10.2. The van der Waals surface area contributed by atoms with Crippen molar-refractivity contribution in [3.05, 3.63) is 0 Å². The molecule has 0 aliphatic carbocycles. The lowest BCUT2D eigenvalue weighted by Gasteiger charge is -2.00. The molecule has 0 aromatic heterocycles. The van der Waals surface area contributed by atoms with Crippen LogP contribution in [0, 0.1) is 0 Å². The van der Waals surface area contributed by atoms with Gasteiger partial charge in [0.2, 0.25) is 0 Å². The van der Waals surface area contributed by atoms with E-state index in [0.29, 0.717) is 5.75 Å². The van der Waals surface area contributed by atoms with Gasteiger partial charge < -0.3 is 10.5 Å². The summed E-state index contributed by atoms with van der Waals surface area (Å²) in [5.74, 6) is 0.652. The van der Waals surface area contributed by atoms with E-state index in [1.54, 1.807) is 0 Å². The molecule has 0 amide bonds. The van der Waals surface area contributed by atoms with Gasteiger partial charge in [0, 0.05) is 17.5 Å². The first-order valence-corrected chi connectivity index (χ1v) is 4.31. The van der Waals surface area contributed by atoms with E-state index in [9.17, 15) is 0 Å². The van der Waals surface area contributed by atoms with Crippen LogP contribution in [0.2, 0.25) is 0 Å². The molecule has 3 unspecified atom stereocenters. The molecule has 1 saturated heterocycles. The molecule has 0 radical (unpaired) electrons. The van der Waals surface area contributed by atoms with E-state index in [4.69, 9.17) is 10.5 Å². The Hall–Kier alpha value is -0.0600. The maximum atomic E-state index is 5.67. The Morgan fingerprint density at radius 3 is 2.82 bits per heavy atom. The van der Waals surface area contributed by atoms with E-state index in [2.05, 4.69) is 17.6 Å². The zero-order valence-electron chi connectivity index (χ0n) is 6.82. The van der Waals surface area contributed by atoms with Crippen LogP contribution in [0.25, 0.3) is 0 Å². The number of ether oxygens (including phenoxy) is 1. The summed E-state index contributed by atoms with van der Waals surface area (Å²) in [5.41, 5.74) is 6.71. The number of hydrogen-bond acceptors (Lipinski definition) is 4. The monoisotopic (exact) mass is 174 g/mol. The fourth-order valence-electron chi connectivity index (χ4n) is 0.890. The van der Waals surface area contributed by atoms with Crippen molar-refractivity contribution < 1.29 is 4.74 Å². The predicted octanol–water partition coefficient (Wildman–Crippen LogP) is 0.449. The van der Waals surface area contributed by atoms with Crippen LogP contribution in [0.1, 0.15) is 13.8 Å². The van der Waals surface area contributed by atoms with Gasteiger partial charge in [-0.15, -0.1) is 0 Å². The second-order valence-electron chi connectivity index (χ2n) is 2.91. The largest absolute Gasteiger partial charge is 0.344 e. The molecule has 1 heterocycles. The lowest BCUT2D eigenvalue weighted by Crippen LogP contribution is -2.29. The zero-order valence-corrected chi connectivity index (χ0v) is 7.71. The van der Waals surface area contributed by atoms with Crippen molar-refractivity contribution in [2.45, 2.75) is 32.2 Å². The average molecular weight is 174 g/mol. The third-order valence-electron chi connectivity index (χ3n) is 1.52. The first kappa shape index (κ1) is 9.03. The zero-order chi connectivity index (χ0) is 8.43. The summed E-state index contributed by atoms with van der Waals surface area (Å²) in [6.07, 6.45) is 0.101. The molecule has 0 bridgehead atoms. The summed E-state index contributed by atoms with van der Waals surface area (Å²) in [6.45, 7) is 3.90. The van der Waals surface area contributed by atoms with Crippen molar-refractivity contribution in [1.29, 1.82) is 0 Å². The molecule has 3 nitrogen and oxygen atoms in total. The summed E-state index contributed by atoms with van der Waals surface area (Å²) in [6, 6.07) is 0.0198. The average Bonchev–Trinajstić information content (AvgIpc) is 2.65. The molecule has 1 rings (SSSR count). The van der Waals surface area contributed by atoms with Gasteiger partial charge in [-0.05, 0) is 13.8 Å². The van der Waals surface area contributed by atoms with Crippen LogP contribution < -0.4 is 5.73 Å². The van der Waals surface area contributed by atoms with E-state index in [-0.39, 0.29) is 18.4 Å². The minimum atomic E-state index is 0.00199. The van der Waals surface area contributed by atoms with Crippen molar-refractivity contribution in [3.8, 4) is 0 Å². The van der Waals surface area contributed by atoms with Crippen LogP contribution in [0.3, 0.4) is 0 Å². The molecule has 0 saturated carbocycles. The van der Waals surface area contributed by atoms with Crippen molar-refractivity contribution in [2.75, 3.05) is 5.75 Å². The molecular weight excluding hydrogens is 160 g/mol. The van der Waals surface area contributed by atoms with Crippen LogP contribution in [-0.2, 0) is 4.74 Å². The maximum Gasteiger partial charge on any atom is 0.176 e. The van der Waals surface area contributed by atoms with Gasteiger partial charge in [-0.25, -0.2) is 0 Å². The molecule has 1 aliphatic rings. The molecular formula is C7H14N2OS. The van der Waals surface area contributed by atoms with Crippen LogP contribution in [0.5, 0.6) is 0 Å². The normalized spacial score (nSPS) is 31.3. The van der Waals surface area contributed by atoms with Gasteiger partial charge in [-0.1, -0.05) is 0 Å². The maximum absolute atomic E-state index is 5.67. The number of epoxide rings is 1. The van der Waals surface area contributed by atoms with E-state index in [1.165, 1.54) is 0 Å². The molecule has 0 aromatic carbocycles. The van der Waals surface area contributed by atoms with E-state index in [0.717, 1.165) is 5.71 Å². The molecule has 3 atom stereocenters. The van der Waals surface area contributed by atoms with E-state index >= 15 is 0 Å². The highest BCUT2D eigenvalue weighted by Gasteiger charge is 2.42. The molecule has 0 aromatic rings. The van der Waals surface area contributed by atoms with Crippen molar-refractivity contribution >= 4 is 18.3 Å². The Morgan fingerprint density at radius 1 is 1.73 bits per heavy atom. The highest BCUT2D eigenvalue weighted by atomic mass is 32.1. The van der Waals surface area contributed by atoms with Gasteiger partial charge in [0.25, 0.3) is 0 Å². The summed E-state index contributed by atoms with van der Waals surface area (Å²) in [5, 5.41) is 0. The first-order chi connectivity index (χ1) is 5.15. The number of aliphatic imine (C=N–C) groups is 1. The number of thiol groups is 1. The molecule has 2 N–H and O–H groups in total. The highest BCUT2D eigenvalue weighted by Crippen LogP contribution is 2.26. The third kappa shape index (κ3) is 2.47. The van der Waals surface area contributed by atoms with Crippen LogP contribution in [-0.4, -0.2) is 29.8 Å². The Kier molecular flexibility index (Phi) is 2.92. The van der Waals surface area contributed by atoms with E-state index < -0.39 is 0 Å². The molecule has 4 heteroatoms. The fraction of sp³-hybridized carbons (Fsp3) is 0.857. The summed E-state index contributed by atoms with van der Waals surface area (Å²) in [7, 11) is 0. The molecule has 1 fully saturated rings. The van der Waals surface area contributed by atoms with E-state index in [1.807, 2.05) is 13.8 Å². The number of nitrogens with zero attached hydrogens (tertiary/aromatic N) is 1. The Labute approximate surface area is 72.4 Å². The second-order valence-corrected chi connectivity index (χ2v) is 3.28. The van der Waals surface area contributed by atoms with Gasteiger partial charge >= 0.3 is 0 Å². The van der Waals surface area contributed by atoms with Gasteiger partial charge in [0.15, 0.2) is 6.23 Å². The Morgan fingerprint density at radius 2 is 2.36 bits per heavy atom. The van der Waals surface area contributed by atoms with Crippen LogP contribution in [0.4, 0.5) is 0 Å².